The first kappa shape index (κ1) is 17.9. The predicted molar refractivity (Wildman–Crippen MR) is 107 cm³/mol. The summed E-state index contributed by atoms with van der Waals surface area (Å²) in [6.45, 7) is 0.604. The minimum atomic E-state index is -0.654. The van der Waals surface area contributed by atoms with Crippen molar-refractivity contribution in [2.45, 2.75) is 44.6 Å². The van der Waals surface area contributed by atoms with E-state index in [-0.39, 0.29) is 18.2 Å². The van der Waals surface area contributed by atoms with Gasteiger partial charge in [0.15, 0.2) is 0 Å². The maximum absolute atomic E-state index is 12.5. The lowest BCUT2D eigenvalue weighted by molar-refractivity contribution is -0.126. The smallest absolute Gasteiger partial charge is 0.249 e. The van der Waals surface area contributed by atoms with Gasteiger partial charge in [0.25, 0.3) is 0 Å². The van der Waals surface area contributed by atoms with Crippen LogP contribution in [-0.4, -0.2) is 27.9 Å². The molecule has 4 rings (SSSR count). The normalized spacial score (nSPS) is 18.7. The Balaban J connectivity index is 1.46. The molecule has 1 aliphatic heterocycles. The van der Waals surface area contributed by atoms with Gasteiger partial charge in [0.1, 0.15) is 11.9 Å². The van der Waals surface area contributed by atoms with E-state index in [4.69, 9.17) is 12.2 Å². The van der Waals surface area contributed by atoms with E-state index in [2.05, 4.69) is 21.7 Å². The standard InChI is InChI=1S/C20H22N4O2S/c25-17(21-11-10-13-6-2-1-3-7-13)12-16-19(26)23-18-14-8-4-5-9-15(14)22-20(27)24(16)18/h4-6,8-9,16H,1-3,7,10-12H2,(H,21,25)(H,23,26). The fourth-order valence-electron chi connectivity index (χ4n) is 3.81. The molecule has 1 aromatic heterocycles. The molecule has 0 saturated heterocycles. The molecule has 7 heteroatoms. The molecule has 1 atom stereocenters. The fraction of sp³-hybridized carbons (Fsp3) is 0.400. The van der Waals surface area contributed by atoms with Crippen LogP contribution in [0.25, 0.3) is 10.9 Å². The summed E-state index contributed by atoms with van der Waals surface area (Å²) in [5.41, 5.74) is 2.16. The van der Waals surface area contributed by atoms with E-state index in [0.29, 0.717) is 17.1 Å². The minimum Gasteiger partial charge on any atom is -0.356 e. The Morgan fingerprint density at radius 3 is 3.00 bits per heavy atom. The maximum atomic E-state index is 12.5. The lowest BCUT2D eigenvalue weighted by atomic mass is 9.97. The zero-order chi connectivity index (χ0) is 18.8. The van der Waals surface area contributed by atoms with Gasteiger partial charge in [-0.05, 0) is 56.5 Å². The van der Waals surface area contributed by atoms with Crippen molar-refractivity contribution in [3.05, 3.63) is 40.7 Å². The van der Waals surface area contributed by atoms with Crippen LogP contribution in [0.5, 0.6) is 0 Å². The largest absolute Gasteiger partial charge is 0.356 e. The molecule has 2 heterocycles. The van der Waals surface area contributed by atoms with Crippen LogP contribution in [-0.2, 0) is 9.59 Å². The van der Waals surface area contributed by atoms with Gasteiger partial charge >= 0.3 is 0 Å². The molecule has 2 aliphatic rings. The summed E-state index contributed by atoms with van der Waals surface area (Å²) in [6, 6.07) is 6.87. The van der Waals surface area contributed by atoms with Crippen molar-refractivity contribution >= 4 is 40.8 Å². The van der Waals surface area contributed by atoms with Crippen molar-refractivity contribution in [1.29, 1.82) is 0 Å². The van der Waals surface area contributed by atoms with Gasteiger partial charge in [-0.15, -0.1) is 0 Å². The average Bonchev–Trinajstić information content (AvgIpc) is 3.00. The maximum Gasteiger partial charge on any atom is 0.249 e. The van der Waals surface area contributed by atoms with Crippen LogP contribution in [0, 0.1) is 4.77 Å². The quantitative estimate of drug-likeness (QED) is 0.611. The highest BCUT2D eigenvalue weighted by atomic mass is 32.1. The highest BCUT2D eigenvalue weighted by Gasteiger charge is 2.33. The van der Waals surface area contributed by atoms with Crippen LogP contribution in [0.1, 0.15) is 44.6 Å². The van der Waals surface area contributed by atoms with Crippen LogP contribution in [0.15, 0.2) is 35.9 Å². The summed E-state index contributed by atoms with van der Waals surface area (Å²) in [7, 11) is 0. The van der Waals surface area contributed by atoms with Gasteiger partial charge in [-0.1, -0.05) is 23.8 Å². The van der Waals surface area contributed by atoms with Crippen LogP contribution in [0.3, 0.4) is 0 Å². The first-order valence-corrected chi connectivity index (χ1v) is 9.81. The third kappa shape index (κ3) is 3.64. The molecule has 1 aromatic carbocycles. The van der Waals surface area contributed by atoms with Gasteiger partial charge in [-0.25, -0.2) is 4.98 Å². The first-order chi connectivity index (χ1) is 13.1. The van der Waals surface area contributed by atoms with Gasteiger partial charge < -0.3 is 10.6 Å². The number of hydrogen-bond acceptors (Lipinski definition) is 4. The van der Waals surface area contributed by atoms with Crippen molar-refractivity contribution in [2.75, 3.05) is 11.9 Å². The zero-order valence-corrected chi connectivity index (χ0v) is 15.8. The molecule has 0 saturated carbocycles. The zero-order valence-electron chi connectivity index (χ0n) is 15.0. The highest BCUT2D eigenvalue weighted by Crippen LogP contribution is 2.32. The van der Waals surface area contributed by atoms with Gasteiger partial charge in [0, 0.05) is 11.9 Å². The molecule has 1 aliphatic carbocycles. The van der Waals surface area contributed by atoms with E-state index in [9.17, 15) is 9.59 Å². The molecular formula is C20H22N4O2S. The number of carbonyl (C=O) groups excluding carboxylic acids is 2. The number of amides is 2. The number of aromatic nitrogens is 2. The Kier molecular flexibility index (Phi) is 5.03. The predicted octanol–water partition coefficient (Wildman–Crippen LogP) is 3.66. The van der Waals surface area contributed by atoms with Crippen LogP contribution in [0.2, 0.25) is 0 Å². The molecule has 0 spiro atoms. The Morgan fingerprint density at radius 2 is 2.19 bits per heavy atom. The van der Waals surface area contributed by atoms with Crippen LogP contribution < -0.4 is 10.6 Å². The average molecular weight is 382 g/mol. The van der Waals surface area contributed by atoms with Crippen molar-refractivity contribution in [3.8, 4) is 0 Å². The van der Waals surface area contributed by atoms with Gasteiger partial charge in [0.05, 0.1) is 11.9 Å². The number of nitrogens with zero attached hydrogens (tertiary/aromatic N) is 2. The summed E-state index contributed by atoms with van der Waals surface area (Å²) in [4.78, 5) is 29.3. The Labute approximate surface area is 162 Å². The van der Waals surface area contributed by atoms with Crippen LogP contribution in [0.4, 0.5) is 5.82 Å². The molecule has 1 unspecified atom stereocenters. The molecule has 0 bridgehead atoms. The van der Waals surface area contributed by atoms with Crippen molar-refractivity contribution < 1.29 is 9.59 Å². The monoisotopic (exact) mass is 382 g/mol. The molecule has 2 N–H and O–H groups in total. The van der Waals surface area contributed by atoms with E-state index in [1.807, 2.05) is 24.3 Å². The van der Waals surface area contributed by atoms with E-state index < -0.39 is 6.04 Å². The van der Waals surface area contributed by atoms with Gasteiger partial charge in [-0.3, -0.25) is 14.2 Å². The number of hydrogen-bond donors (Lipinski definition) is 2. The third-order valence-electron chi connectivity index (χ3n) is 5.21. The topological polar surface area (TPSA) is 76.0 Å². The number of benzene rings is 1. The second-order valence-corrected chi connectivity index (χ2v) is 7.41. The number of nitrogens with one attached hydrogen (secondary N) is 2. The molecular weight excluding hydrogens is 360 g/mol. The summed E-state index contributed by atoms with van der Waals surface area (Å²) in [6.07, 6.45) is 7.99. The molecule has 140 valence electrons. The Morgan fingerprint density at radius 1 is 1.33 bits per heavy atom. The number of fused-ring (bicyclic) bond motifs is 3. The lowest BCUT2D eigenvalue weighted by Crippen LogP contribution is -2.29. The number of para-hydroxylation sites is 1. The summed E-state index contributed by atoms with van der Waals surface area (Å²) in [5, 5.41) is 6.64. The van der Waals surface area contributed by atoms with Gasteiger partial charge in [0.2, 0.25) is 16.6 Å². The second kappa shape index (κ2) is 7.60. The van der Waals surface area contributed by atoms with E-state index in [1.165, 1.54) is 18.4 Å². The fourth-order valence-corrected chi connectivity index (χ4v) is 4.13. The highest BCUT2D eigenvalue weighted by molar-refractivity contribution is 7.71. The molecule has 0 radical (unpaired) electrons. The lowest BCUT2D eigenvalue weighted by Gasteiger charge is -2.15. The first-order valence-electron chi connectivity index (χ1n) is 9.40. The molecule has 27 heavy (non-hydrogen) atoms. The SMILES string of the molecule is O=C(CC1C(=O)Nc2c3ccccc3nc(=S)n21)NCCC1=CCCCC1. The number of rotatable bonds is 5. The third-order valence-corrected chi connectivity index (χ3v) is 5.50. The van der Waals surface area contributed by atoms with Crippen molar-refractivity contribution in [1.82, 2.24) is 14.9 Å². The number of anilines is 1. The summed E-state index contributed by atoms with van der Waals surface area (Å²) < 4.78 is 1.98. The van der Waals surface area contributed by atoms with Gasteiger partial charge in [-0.2, -0.15) is 0 Å². The molecule has 2 aromatic rings. The Hall–Kier alpha value is -2.54. The summed E-state index contributed by atoms with van der Waals surface area (Å²) in [5.74, 6) is 0.264. The number of carbonyl (C=O) groups is 2. The summed E-state index contributed by atoms with van der Waals surface area (Å²) >= 11 is 5.38. The Bertz CT molecular complexity index is 995. The molecule has 0 fully saturated rings. The van der Waals surface area contributed by atoms with Crippen molar-refractivity contribution in [2.24, 2.45) is 0 Å². The van der Waals surface area contributed by atoms with E-state index in [0.717, 1.165) is 30.2 Å². The second-order valence-electron chi connectivity index (χ2n) is 7.05. The number of allylic oxidation sites excluding steroid dienone is 1. The molecule has 6 nitrogen and oxygen atoms in total. The van der Waals surface area contributed by atoms with Crippen LogP contribution >= 0.6 is 12.2 Å². The van der Waals surface area contributed by atoms with E-state index in [1.54, 1.807) is 4.57 Å². The minimum absolute atomic E-state index is 0.0617. The molecule has 2 amide bonds. The van der Waals surface area contributed by atoms with Crippen molar-refractivity contribution in [3.63, 3.8) is 0 Å². The van der Waals surface area contributed by atoms with E-state index >= 15 is 0 Å².